The molecule has 3 nitrogen and oxygen atoms in total. The summed E-state index contributed by atoms with van der Waals surface area (Å²) in [6.07, 6.45) is 0. The maximum absolute atomic E-state index is 11.2. The summed E-state index contributed by atoms with van der Waals surface area (Å²) >= 11 is 5.84. The molecule has 0 spiro atoms. The van der Waals surface area contributed by atoms with Gasteiger partial charge in [-0.15, -0.1) is 0 Å². The van der Waals surface area contributed by atoms with Crippen LogP contribution >= 0.6 is 11.6 Å². The average molecular weight is 276 g/mol. The van der Waals surface area contributed by atoms with Crippen LogP contribution in [0.4, 0.5) is 5.69 Å². The van der Waals surface area contributed by atoms with E-state index >= 15 is 0 Å². The second-order valence-corrected chi connectivity index (χ2v) is 4.74. The Bertz CT molecular complexity index is 584. The molecule has 2 aromatic rings. The van der Waals surface area contributed by atoms with Gasteiger partial charge in [-0.2, -0.15) is 0 Å². The van der Waals surface area contributed by atoms with E-state index in [1.807, 2.05) is 42.3 Å². The van der Waals surface area contributed by atoms with Crippen molar-refractivity contribution >= 4 is 23.3 Å². The molecule has 0 radical (unpaired) electrons. The maximum atomic E-state index is 11.2. The van der Waals surface area contributed by atoms with Gasteiger partial charge >= 0.3 is 5.97 Å². The average Bonchev–Trinajstić information content (AvgIpc) is 2.39. The number of hydrogen-bond acceptors (Lipinski definition) is 2. The first kappa shape index (κ1) is 13.4. The number of halogens is 1. The molecule has 4 heteroatoms. The number of carboxylic acids is 1. The molecule has 0 aromatic heterocycles. The maximum Gasteiger partial charge on any atom is 0.337 e. The van der Waals surface area contributed by atoms with Crippen LogP contribution in [0, 0.1) is 0 Å². The molecule has 0 aliphatic heterocycles. The minimum absolute atomic E-state index is 0.214. The van der Waals surface area contributed by atoms with Gasteiger partial charge in [0.2, 0.25) is 0 Å². The minimum Gasteiger partial charge on any atom is -0.478 e. The second kappa shape index (κ2) is 5.76. The van der Waals surface area contributed by atoms with Crippen LogP contribution in [0.1, 0.15) is 15.9 Å². The van der Waals surface area contributed by atoms with E-state index in [4.69, 9.17) is 11.6 Å². The van der Waals surface area contributed by atoms with Gasteiger partial charge in [-0.3, -0.25) is 0 Å². The van der Waals surface area contributed by atoms with Gasteiger partial charge in [0, 0.05) is 18.6 Å². The van der Waals surface area contributed by atoms with Crippen LogP contribution in [-0.4, -0.2) is 18.1 Å². The standard InChI is InChI=1S/C15H14ClNO2/c1-17(10-11-5-3-2-4-6-11)14-8-7-12(16)9-13(14)15(18)19/h2-9H,10H2,1H3,(H,18,19). The Morgan fingerprint density at radius 3 is 2.53 bits per heavy atom. The zero-order valence-corrected chi connectivity index (χ0v) is 11.3. The summed E-state index contributed by atoms with van der Waals surface area (Å²) in [5.41, 5.74) is 1.99. The van der Waals surface area contributed by atoms with Gasteiger partial charge in [0.1, 0.15) is 0 Å². The highest BCUT2D eigenvalue weighted by Crippen LogP contribution is 2.24. The van der Waals surface area contributed by atoms with Crippen molar-refractivity contribution in [2.24, 2.45) is 0 Å². The molecule has 0 unspecified atom stereocenters. The second-order valence-electron chi connectivity index (χ2n) is 4.31. The lowest BCUT2D eigenvalue weighted by molar-refractivity contribution is 0.0697. The molecular weight excluding hydrogens is 262 g/mol. The molecule has 0 aliphatic carbocycles. The van der Waals surface area contributed by atoms with Gasteiger partial charge in [-0.05, 0) is 23.8 Å². The van der Waals surface area contributed by atoms with Crippen molar-refractivity contribution in [2.45, 2.75) is 6.54 Å². The van der Waals surface area contributed by atoms with Crippen LogP contribution in [-0.2, 0) is 6.54 Å². The van der Waals surface area contributed by atoms with E-state index in [0.29, 0.717) is 17.3 Å². The number of aromatic carboxylic acids is 1. The number of carbonyl (C=O) groups is 1. The fourth-order valence-electron chi connectivity index (χ4n) is 1.95. The highest BCUT2D eigenvalue weighted by atomic mass is 35.5. The molecular formula is C15H14ClNO2. The fraction of sp³-hybridized carbons (Fsp3) is 0.133. The lowest BCUT2D eigenvalue weighted by Gasteiger charge is -2.21. The summed E-state index contributed by atoms with van der Waals surface area (Å²) < 4.78 is 0. The lowest BCUT2D eigenvalue weighted by atomic mass is 10.1. The van der Waals surface area contributed by atoms with Gasteiger partial charge in [-0.1, -0.05) is 41.9 Å². The minimum atomic E-state index is -0.975. The molecule has 0 atom stereocenters. The molecule has 98 valence electrons. The van der Waals surface area contributed by atoms with Crippen molar-refractivity contribution in [2.75, 3.05) is 11.9 Å². The molecule has 0 bridgehead atoms. The normalized spacial score (nSPS) is 10.2. The predicted molar refractivity (Wildman–Crippen MR) is 77.0 cm³/mol. The first-order chi connectivity index (χ1) is 9.08. The van der Waals surface area contributed by atoms with E-state index in [1.54, 1.807) is 12.1 Å². The Labute approximate surface area is 117 Å². The summed E-state index contributed by atoms with van der Waals surface area (Å²) in [5, 5.41) is 9.65. The largest absolute Gasteiger partial charge is 0.478 e. The van der Waals surface area contributed by atoms with Gasteiger partial charge in [0.05, 0.1) is 11.3 Å². The summed E-state index contributed by atoms with van der Waals surface area (Å²) in [5.74, 6) is -0.975. The number of nitrogens with zero attached hydrogens (tertiary/aromatic N) is 1. The topological polar surface area (TPSA) is 40.5 Å². The van der Waals surface area contributed by atoms with Crippen LogP contribution < -0.4 is 4.90 Å². The molecule has 1 N–H and O–H groups in total. The van der Waals surface area contributed by atoms with E-state index in [2.05, 4.69) is 0 Å². The monoisotopic (exact) mass is 275 g/mol. The molecule has 0 fully saturated rings. The van der Waals surface area contributed by atoms with Crippen LogP contribution in [0.2, 0.25) is 5.02 Å². The van der Waals surface area contributed by atoms with Crippen molar-refractivity contribution in [1.82, 2.24) is 0 Å². The van der Waals surface area contributed by atoms with Gasteiger partial charge in [-0.25, -0.2) is 4.79 Å². The highest BCUT2D eigenvalue weighted by Gasteiger charge is 2.14. The molecule has 2 aromatic carbocycles. The number of anilines is 1. The lowest BCUT2D eigenvalue weighted by Crippen LogP contribution is -2.19. The first-order valence-electron chi connectivity index (χ1n) is 5.86. The Balaban J connectivity index is 2.28. The number of carboxylic acid groups (broad SMARTS) is 1. The van der Waals surface area contributed by atoms with Crippen molar-refractivity contribution in [3.8, 4) is 0 Å². The molecule has 0 aliphatic rings. The van der Waals surface area contributed by atoms with E-state index in [0.717, 1.165) is 5.56 Å². The summed E-state index contributed by atoms with van der Waals surface area (Å²) in [6.45, 7) is 0.642. The predicted octanol–water partition coefficient (Wildman–Crippen LogP) is 3.67. The number of hydrogen-bond donors (Lipinski definition) is 1. The first-order valence-corrected chi connectivity index (χ1v) is 6.23. The van der Waals surface area contributed by atoms with Crippen molar-refractivity contribution in [3.05, 3.63) is 64.7 Å². The zero-order valence-electron chi connectivity index (χ0n) is 10.5. The Hall–Kier alpha value is -2.00. The molecule has 0 saturated carbocycles. The quantitative estimate of drug-likeness (QED) is 0.925. The molecule has 0 heterocycles. The van der Waals surface area contributed by atoms with E-state index in [9.17, 15) is 9.90 Å². The number of rotatable bonds is 4. The zero-order chi connectivity index (χ0) is 13.8. The third kappa shape index (κ3) is 3.26. The third-order valence-electron chi connectivity index (χ3n) is 2.86. The summed E-state index contributed by atoms with van der Waals surface area (Å²) in [7, 11) is 1.86. The van der Waals surface area contributed by atoms with Crippen molar-refractivity contribution < 1.29 is 9.90 Å². The van der Waals surface area contributed by atoms with Gasteiger partial charge in [0.15, 0.2) is 0 Å². The molecule has 0 amide bonds. The molecule has 0 saturated heterocycles. The van der Waals surface area contributed by atoms with Gasteiger partial charge in [0.25, 0.3) is 0 Å². The van der Waals surface area contributed by atoms with Crippen molar-refractivity contribution in [1.29, 1.82) is 0 Å². The smallest absolute Gasteiger partial charge is 0.337 e. The summed E-state index contributed by atoms with van der Waals surface area (Å²) in [6, 6.07) is 14.8. The fourth-order valence-corrected chi connectivity index (χ4v) is 2.13. The van der Waals surface area contributed by atoms with Crippen LogP contribution in [0.25, 0.3) is 0 Å². The SMILES string of the molecule is CN(Cc1ccccc1)c1ccc(Cl)cc1C(=O)O. The van der Waals surface area contributed by atoms with Crippen LogP contribution in [0.3, 0.4) is 0 Å². The Kier molecular flexibility index (Phi) is 4.07. The highest BCUT2D eigenvalue weighted by molar-refractivity contribution is 6.31. The Morgan fingerprint density at radius 2 is 1.89 bits per heavy atom. The van der Waals surface area contributed by atoms with Crippen LogP contribution in [0.5, 0.6) is 0 Å². The van der Waals surface area contributed by atoms with Crippen LogP contribution in [0.15, 0.2) is 48.5 Å². The molecule has 2 rings (SSSR count). The van der Waals surface area contributed by atoms with E-state index in [1.165, 1.54) is 6.07 Å². The summed E-state index contributed by atoms with van der Waals surface area (Å²) in [4.78, 5) is 13.1. The number of benzene rings is 2. The van der Waals surface area contributed by atoms with Crippen molar-refractivity contribution in [3.63, 3.8) is 0 Å². The Morgan fingerprint density at radius 1 is 1.21 bits per heavy atom. The molecule has 19 heavy (non-hydrogen) atoms. The van der Waals surface area contributed by atoms with E-state index < -0.39 is 5.97 Å². The van der Waals surface area contributed by atoms with Gasteiger partial charge < -0.3 is 10.0 Å². The third-order valence-corrected chi connectivity index (χ3v) is 3.10. The van der Waals surface area contributed by atoms with E-state index in [-0.39, 0.29) is 5.56 Å².